The molecular formula is C17H16F3NO4. The van der Waals surface area contributed by atoms with E-state index in [0.717, 1.165) is 12.1 Å². The standard InChI is InChI=1S/C17H16F3NO4/c1-11-5-3-4-6-12(11)16(22)25-13-7-8-14(17(18,19)20)21-15(13)24-10-9-23-2/h3-8H,9-10H2,1-2H3. The van der Waals surface area contributed by atoms with E-state index in [2.05, 4.69) is 4.98 Å². The summed E-state index contributed by atoms with van der Waals surface area (Å²) in [5.74, 6) is -1.33. The molecule has 0 saturated carbocycles. The highest BCUT2D eigenvalue weighted by Crippen LogP contribution is 2.33. The minimum atomic E-state index is -4.64. The van der Waals surface area contributed by atoms with Crippen molar-refractivity contribution < 1.29 is 32.2 Å². The molecule has 1 aromatic carbocycles. The molecule has 0 atom stereocenters. The van der Waals surface area contributed by atoms with Crippen molar-refractivity contribution >= 4 is 5.97 Å². The Morgan fingerprint density at radius 2 is 1.84 bits per heavy atom. The molecule has 0 spiro atoms. The summed E-state index contributed by atoms with van der Waals surface area (Å²) in [6.07, 6.45) is -4.64. The van der Waals surface area contributed by atoms with Gasteiger partial charge in [-0.2, -0.15) is 13.2 Å². The van der Waals surface area contributed by atoms with Crippen molar-refractivity contribution in [1.82, 2.24) is 4.98 Å². The summed E-state index contributed by atoms with van der Waals surface area (Å²) in [7, 11) is 1.42. The molecule has 0 bridgehead atoms. The number of hydrogen-bond donors (Lipinski definition) is 0. The third-order valence-corrected chi connectivity index (χ3v) is 3.21. The maximum absolute atomic E-state index is 12.8. The van der Waals surface area contributed by atoms with E-state index in [-0.39, 0.29) is 19.0 Å². The molecule has 5 nitrogen and oxygen atoms in total. The molecule has 2 rings (SSSR count). The summed E-state index contributed by atoms with van der Waals surface area (Å²) in [6.45, 7) is 1.82. The number of rotatable bonds is 6. The second kappa shape index (κ2) is 7.98. The molecular weight excluding hydrogens is 339 g/mol. The van der Waals surface area contributed by atoms with Gasteiger partial charge in [0, 0.05) is 7.11 Å². The van der Waals surface area contributed by atoms with E-state index in [0.29, 0.717) is 11.1 Å². The quantitative estimate of drug-likeness (QED) is 0.585. The second-order valence-electron chi connectivity index (χ2n) is 5.04. The number of carbonyl (C=O) groups excluding carboxylic acids is 1. The Morgan fingerprint density at radius 3 is 2.48 bits per heavy atom. The molecule has 0 aliphatic heterocycles. The molecule has 0 aliphatic carbocycles. The number of carbonyl (C=O) groups is 1. The highest BCUT2D eigenvalue weighted by molar-refractivity contribution is 5.92. The van der Waals surface area contributed by atoms with Crippen molar-refractivity contribution in [3.8, 4) is 11.6 Å². The fourth-order valence-electron chi connectivity index (χ4n) is 1.95. The fraction of sp³-hybridized carbons (Fsp3) is 0.294. The lowest BCUT2D eigenvalue weighted by molar-refractivity contribution is -0.141. The summed E-state index contributed by atoms with van der Waals surface area (Å²) < 4.78 is 53.6. The molecule has 0 unspecified atom stereocenters. The lowest BCUT2D eigenvalue weighted by Crippen LogP contribution is -2.15. The normalized spacial score (nSPS) is 11.2. The number of esters is 1. The van der Waals surface area contributed by atoms with Crippen LogP contribution in [0.1, 0.15) is 21.6 Å². The van der Waals surface area contributed by atoms with Crippen LogP contribution < -0.4 is 9.47 Å². The summed E-state index contributed by atoms with van der Waals surface area (Å²) >= 11 is 0. The summed E-state index contributed by atoms with van der Waals surface area (Å²) in [5.41, 5.74) is -0.171. The van der Waals surface area contributed by atoms with Crippen LogP contribution in [0, 0.1) is 6.92 Å². The van der Waals surface area contributed by atoms with Crippen LogP contribution in [0.25, 0.3) is 0 Å². The average Bonchev–Trinajstić information content (AvgIpc) is 2.55. The van der Waals surface area contributed by atoms with Crippen molar-refractivity contribution in [2.45, 2.75) is 13.1 Å². The van der Waals surface area contributed by atoms with Crippen LogP contribution in [0.5, 0.6) is 11.6 Å². The van der Waals surface area contributed by atoms with Crippen LogP contribution in [0.15, 0.2) is 36.4 Å². The molecule has 25 heavy (non-hydrogen) atoms. The van der Waals surface area contributed by atoms with Gasteiger partial charge in [0.15, 0.2) is 5.75 Å². The van der Waals surface area contributed by atoms with Gasteiger partial charge < -0.3 is 14.2 Å². The fourth-order valence-corrected chi connectivity index (χ4v) is 1.95. The Labute approximate surface area is 142 Å². The number of halogens is 3. The number of aromatic nitrogens is 1. The zero-order valence-corrected chi connectivity index (χ0v) is 13.6. The van der Waals surface area contributed by atoms with Crippen molar-refractivity contribution in [2.75, 3.05) is 20.3 Å². The summed E-state index contributed by atoms with van der Waals surface area (Å²) in [6, 6.07) is 8.42. The minimum absolute atomic E-state index is 0.0419. The molecule has 0 fully saturated rings. The molecule has 134 valence electrons. The third-order valence-electron chi connectivity index (χ3n) is 3.21. The smallest absolute Gasteiger partial charge is 0.433 e. The van der Waals surface area contributed by atoms with Crippen molar-refractivity contribution in [2.24, 2.45) is 0 Å². The Bertz CT molecular complexity index is 747. The molecule has 0 aliphatic rings. The van der Waals surface area contributed by atoms with Crippen LogP contribution in [0.4, 0.5) is 13.2 Å². The average molecular weight is 355 g/mol. The highest BCUT2D eigenvalue weighted by atomic mass is 19.4. The number of benzene rings is 1. The summed E-state index contributed by atoms with van der Waals surface area (Å²) in [5, 5.41) is 0. The molecule has 1 aromatic heterocycles. The molecule has 8 heteroatoms. The monoisotopic (exact) mass is 355 g/mol. The SMILES string of the molecule is COCCOc1nc(C(F)(F)F)ccc1OC(=O)c1ccccc1C. The molecule has 0 radical (unpaired) electrons. The van der Waals surface area contributed by atoms with E-state index in [4.69, 9.17) is 14.2 Å². The van der Waals surface area contributed by atoms with Crippen LogP contribution in [0.2, 0.25) is 0 Å². The second-order valence-corrected chi connectivity index (χ2v) is 5.04. The topological polar surface area (TPSA) is 57.6 Å². The third kappa shape index (κ3) is 4.93. The number of nitrogens with zero attached hydrogens (tertiary/aromatic N) is 1. The number of methoxy groups -OCH3 is 1. The Kier molecular flexibility index (Phi) is 5.97. The number of pyridine rings is 1. The Hall–Kier alpha value is -2.61. The van der Waals surface area contributed by atoms with Gasteiger partial charge in [0.25, 0.3) is 5.88 Å². The van der Waals surface area contributed by atoms with Gasteiger partial charge in [-0.3, -0.25) is 0 Å². The molecule has 1 heterocycles. The van der Waals surface area contributed by atoms with Crippen LogP contribution in [-0.2, 0) is 10.9 Å². The van der Waals surface area contributed by atoms with E-state index in [1.807, 2.05) is 0 Å². The zero-order valence-electron chi connectivity index (χ0n) is 13.6. The van der Waals surface area contributed by atoms with Gasteiger partial charge in [-0.1, -0.05) is 18.2 Å². The highest BCUT2D eigenvalue weighted by Gasteiger charge is 2.34. The lowest BCUT2D eigenvalue weighted by Gasteiger charge is -2.13. The molecule has 0 N–H and O–H groups in total. The van der Waals surface area contributed by atoms with Gasteiger partial charge in [-0.25, -0.2) is 9.78 Å². The molecule has 0 saturated heterocycles. The number of aryl methyl sites for hydroxylation is 1. The van der Waals surface area contributed by atoms with Crippen LogP contribution in [-0.4, -0.2) is 31.3 Å². The van der Waals surface area contributed by atoms with E-state index >= 15 is 0 Å². The first-order valence-electron chi connectivity index (χ1n) is 7.30. The van der Waals surface area contributed by atoms with Crippen molar-refractivity contribution in [3.05, 3.63) is 53.2 Å². The first-order chi connectivity index (χ1) is 11.8. The van der Waals surface area contributed by atoms with Gasteiger partial charge in [0.2, 0.25) is 0 Å². The van der Waals surface area contributed by atoms with Crippen LogP contribution >= 0.6 is 0 Å². The number of ether oxygens (including phenoxy) is 3. The zero-order chi connectivity index (χ0) is 18.4. The molecule has 0 amide bonds. The van der Waals surface area contributed by atoms with Crippen molar-refractivity contribution in [3.63, 3.8) is 0 Å². The van der Waals surface area contributed by atoms with Gasteiger partial charge in [0.05, 0.1) is 12.2 Å². The van der Waals surface area contributed by atoms with Crippen LogP contribution in [0.3, 0.4) is 0 Å². The first-order valence-corrected chi connectivity index (χ1v) is 7.30. The van der Waals surface area contributed by atoms with Crippen molar-refractivity contribution in [1.29, 1.82) is 0 Å². The van der Waals surface area contributed by atoms with E-state index in [1.165, 1.54) is 7.11 Å². The van der Waals surface area contributed by atoms with E-state index in [1.54, 1.807) is 31.2 Å². The number of hydrogen-bond acceptors (Lipinski definition) is 5. The largest absolute Gasteiger partial charge is 0.473 e. The first kappa shape index (κ1) is 18.7. The maximum Gasteiger partial charge on any atom is 0.433 e. The predicted molar refractivity (Wildman–Crippen MR) is 82.7 cm³/mol. The Balaban J connectivity index is 2.29. The minimum Gasteiger partial charge on any atom is -0.473 e. The summed E-state index contributed by atoms with van der Waals surface area (Å²) in [4.78, 5) is 15.7. The van der Waals surface area contributed by atoms with Gasteiger partial charge >= 0.3 is 12.1 Å². The van der Waals surface area contributed by atoms with E-state index in [9.17, 15) is 18.0 Å². The predicted octanol–water partition coefficient (Wildman–Crippen LogP) is 3.65. The van der Waals surface area contributed by atoms with Gasteiger partial charge in [-0.05, 0) is 30.7 Å². The van der Waals surface area contributed by atoms with E-state index < -0.39 is 23.7 Å². The Morgan fingerprint density at radius 1 is 1.12 bits per heavy atom. The van der Waals surface area contributed by atoms with Gasteiger partial charge in [0.1, 0.15) is 12.3 Å². The maximum atomic E-state index is 12.8. The molecule has 2 aromatic rings. The van der Waals surface area contributed by atoms with Gasteiger partial charge in [-0.15, -0.1) is 0 Å². The number of alkyl halides is 3. The lowest BCUT2D eigenvalue weighted by atomic mass is 10.1.